The monoisotopic (exact) mass is 379 g/mol. The van der Waals surface area contributed by atoms with E-state index in [1.807, 2.05) is 13.0 Å². The number of hydrogen-bond acceptors (Lipinski definition) is 6. The molecule has 9 heteroatoms. The van der Waals surface area contributed by atoms with Gasteiger partial charge in [0.25, 0.3) is 0 Å². The van der Waals surface area contributed by atoms with E-state index in [1.54, 1.807) is 24.3 Å². The van der Waals surface area contributed by atoms with Crippen LogP contribution >= 0.6 is 23.4 Å². The zero-order valence-corrected chi connectivity index (χ0v) is 14.7. The van der Waals surface area contributed by atoms with Crippen molar-refractivity contribution in [1.82, 2.24) is 15.2 Å². The third-order valence-corrected chi connectivity index (χ3v) is 4.27. The van der Waals surface area contributed by atoms with Crippen LogP contribution in [0.5, 0.6) is 5.75 Å². The summed E-state index contributed by atoms with van der Waals surface area (Å²) >= 11 is 7.23. The molecule has 0 aliphatic rings. The van der Waals surface area contributed by atoms with Gasteiger partial charge >= 0.3 is 5.97 Å². The van der Waals surface area contributed by atoms with E-state index in [1.165, 1.54) is 0 Å². The minimum atomic E-state index is -0.927. The van der Waals surface area contributed by atoms with Crippen molar-refractivity contribution in [3.8, 4) is 28.7 Å². The first-order valence-corrected chi connectivity index (χ1v) is 8.73. The summed E-state index contributed by atoms with van der Waals surface area (Å²) in [5.41, 5.74) is 0.805. The van der Waals surface area contributed by atoms with Crippen molar-refractivity contribution in [3.05, 3.63) is 35.4 Å². The Morgan fingerprint density at radius 3 is 2.88 bits per heavy atom. The molecule has 7 nitrogen and oxygen atoms in total. The summed E-state index contributed by atoms with van der Waals surface area (Å²) in [5, 5.41) is 16.2. The molecule has 1 aromatic carbocycles. The summed E-state index contributed by atoms with van der Waals surface area (Å²) < 4.78 is 11.2. The SMILES string of the molecule is CCOc1ccc(-c2ccc(-c3nc(SCC(=O)O)n[nH]3)o2)cc1Cl. The van der Waals surface area contributed by atoms with Gasteiger partial charge in [-0.05, 0) is 37.3 Å². The first kappa shape index (κ1) is 17.4. The lowest BCUT2D eigenvalue weighted by atomic mass is 10.1. The molecule has 3 rings (SSSR count). The second kappa shape index (κ2) is 7.62. The normalized spacial score (nSPS) is 10.8. The van der Waals surface area contributed by atoms with Gasteiger partial charge in [0, 0.05) is 5.56 Å². The minimum absolute atomic E-state index is 0.106. The van der Waals surface area contributed by atoms with Crippen LogP contribution in [0.1, 0.15) is 6.92 Å². The summed E-state index contributed by atoms with van der Waals surface area (Å²) in [6.07, 6.45) is 0. The van der Waals surface area contributed by atoms with Crippen molar-refractivity contribution in [1.29, 1.82) is 0 Å². The molecule has 2 N–H and O–H groups in total. The van der Waals surface area contributed by atoms with Gasteiger partial charge < -0.3 is 14.3 Å². The maximum Gasteiger partial charge on any atom is 0.313 e. The van der Waals surface area contributed by atoms with Crippen LogP contribution in [0.15, 0.2) is 39.9 Å². The number of nitrogens with one attached hydrogen (secondary N) is 1. The number of benzene rings is 1. The second-order valence-corrected chi connectivity index (χ2v) is 6.24. The zero-order valence-electron chi connectivity index (χ0n) is 13.2. The smallest absolute Gasteiger partial charge is 0.313 e. The van der Waals surface area contributed by atoms with Crippen molar-refractivity contribution >= 4 is 29.3 Å². The van der Waals surface area contributed by atoms with Crippen molar-refractivity contribution in [2.24, 2.45) is 0 Å². The van der Waals surface area contributed by atoms with E-state index >= 15 is 0 Å². The Hall–Kier alpha value is -2.45. The van der Waals surface area contributed by atoms with Gasteiger partial charge in [0.05, 0.1) is 17.4 Å². The molecule has 130 valence electrons. The molecule has 0 unspecified atom stereocenters. The largest absolute Gasteiger partial charge is 0.492 e. The molecule has 2 aromatic heterocycles. The Bertz CT molecular complexity index is 893. The molecule has 0 atom stereocenters. The molecule has 3 aromatic rings. The van der Waals surface area contributed by atoms with E-state index in [2.05, 4.69) is 15.2 Å². The average molecular weight is 380 g/mol. The molecular weight excluding hydrogens is 366 g/mol. The first-order valence-electron chi connectivity index (χ1n) is 7.36. The summed E-state index contributed by atoms with van der Waals surface area (Å²) in [5.74, 6) is 1.13. The van der Waals surface area contributed by atoms with Gasteiger partial charge in [0.1, 0.15) is 11.5 Å². The molecular formula is C16H14ClN3O4S. The number of aromatic nitrogens is 3. The molecule has 0 saturated carbocycles. The summed E-state index contributed by atoms with van der Waals surface area (Å²) in [6, 6.07) is 8.97. The predicted molar refractivity (Wildman–Crippen MR) is 94.1 cm³/mol. The number of hydrogen-bond donors (Lipinski definition) is 2. The number of thioether (sulfide) groups is 1. The molecule has 0 aliphatic carbocycles. The lowest BCUT2D eigenvalue weighted by molar-refractivity contribution is -0.133. The number of carboxylic acid groups (broad SMARTS) is 1. The lowest BCUT2D eigenvalue weighted by Gasteiger charge is -2.06. The number of ether oxygens (including phenoxy) is 1. The van der Waals surface area contributed by atoms with Gasteiger partial charge in [0.15, 0.2) is 11.6 Å². The van der Waals surface area contributed by atoms with E-state index < -0.39 is 5.97 Å². The van der Waals surface area contributed by atoms with E-state index in [4.69, 9.17) is 25.9 Å². The summed E-state index contributed by atoms with van der Waals surface area (Å²) in [7, 11) is 0. The molecule has 2 heterocycles. The van der Waals surface area contributed by atoms with Crippen molar-refractivity contribution in [2.75, 3.05) is 12.4 Å². The summed E-state index contributed by atoms with van der Waals surface area (Å²) in [6.45, 7) is 2.43. The minimum Gasteiger partial charge on any atom is -0.492 e. The van der Waals surface area contributed by atoms with Crippen LogP contribution in [-0.2, 0) is 4.79 Å². The highest BCUT2D eigenvalue weighted by molar-refractivity contribution is 7.99. The van der Waals surface area contributed by atoms with E-state index in [-0.39, 0.29) is 5.75 Å². The fraction of sp³-hybridized carbons (Fsp3) is 0.188. The third kappa shape index (κ3) is 4.15. The predicted octanol–water partition coefficient (Wildman–Crippen LogP) is 3.96. The quantitative estimate of drug-likeness (QED) is 0.599. The maximum atomic E-state index is 10.6. The van der Waals surface area contributed by atoms with E-state index in [0.29, 0.717) is 39.9 Å². The van der Waals surface area contributed by atoms with Gasteiger partial charge in [-0.25, -0.2) is 0 Å². The Labute approximate surface area is 152 Å². The van der Waals surface area contributed by atoms with Gasteiger partial charge in [-0.3, -0.25) is 9.89 Å². The Balaban J connectivity index is 1.78. The number of aliphatic carboxylic acids is 1. The van der Waals surface area contributed by atoms with Gasteiger partial charge in [-0.1, -0.05) is 23.4 Å². The van der Waals surface area contributed by atoms with Crippen LogP contribution in [0, 0.1) is 0 Å². The summed E-state index contributed by atoms with van der Waals surface area (Å²) in [4.78, 5) is 14.8. The van der Waals surface area contributed by atoms with Gasteiger partial charge in [0.2, 0.25) is 5.16 Å². The number of rotatable bonds is 7. The van der Waals surface area contributed by atoms with Crippen LogP contribution in [0.2, 0.25) is 5.02 Å². The highest BCUT2D eigenvalue weighted by Crippen LogP contribution is 2.33. The standard InChI is InChI=1S/C16H14ClN3O4S/c1-2-23-12-4-3-9(7-10(12)17)11-5-6-13(24-11)15-18-16(20-19-15)25-8-14(21)22/h3-7H,2,8H2,1H3,(H,21,22)(H,18,19,20). The number of carboxylic acids is 1. The molecule has 0 radical (unpaired) electrons. The average Bonchev–Trinajstić information content (AvgIpc) is 3.24. The highest BCUT2D eigenvalue weighted by Gasteiger charge is 2.13. The molecule has 25 heavy (non-hydrogen) atoms. The third-order valence-electron chi connectivity index (χ3n) is 3.15. The maximum absolute atomic E-state index is 10.6. The van der Waals surface area contributed by atoms with Crippen molar-refractivity contribution in [3.63, 3.8) is 0 Å². The molecule has 0 bridgehead atoms. The number of H-pyrrole nitrogens is 1. The van der Waals surface area contributed by atoms with Crippen LogP contribution in [0.3, 0.4) is 0 Å². The number of carbonyl (C=O) groups is 1. The van der Waals surface area contributed by atoms with E-state index in [9.17, 15) is 4.79 Å². The van der Waals surface area contributed by atoms with Crippen molar-refractivity contribution in [2.45, 2.75) is 12.1 Å². The second-order valence-electron chi connectivity index (χ2n) is 4.89. The number of furan rings is 1. The number of aromatic amines is 1. The van der Waals surface area contributed by atoms with Gasteiger partial charge in [-0.15, -0.1) is 5.10 Å². The van der Waals surface area contributed by atoms with Gasteiger partial charge in [-0.2, -0.15) is 4.98 Å². The number of halogens is 1. The van der Waals surface area contributed by atoms with Crippen LogP contribution in [0.25, 0.3) is 22.9 Å². The van der Waals surface area contributed by atoms with Crippen molar-refractivity contribution < 1.29 is 19.1 Å². The molecule has 0 saturated heterocycles. The zero-order chi connectivity index (χ0) is 17.8. The topological polar surface area (TPSA) is 101 Å². The Kier molecular flexibility index (Phi) is 5.30. The molecule has 0 spiro atoms. The number of nitrogens with zero attached hydrogens (tertiary/aromatic N) is 2. The molecule has 0 fully saturated rings. The van der Waals surface area contributed by atoms with Crippen LogP contribution in [-0.4, -0.2) is 38.6 Å². The molecule has 0 amide bonds. The lowest BCUT2D eigenvalue weighted by Crippen LogP contribution is -1.97. The Morgan fingerprint density at radius 2 is 2.16 bits per heavy atom. The fourth-order valence-corrected chi connectivity index (χ4v) is 2.85. The highest BCUT2D eigenvalue weighted by atomic mass is 35.5. The van der Waals surface area contributed by atoms with E-state index in [0.717, 1.165) is 17.3 Å². The molecule has 0 aliphatic heterocycles. The Morgan fingerprint density at radius 1 is 1.36 bits per heavy atom. The van der Waals surface area contributed by atoms with Crippen LogP contribution in [0.4, 0.5) is 0 Å². The van der Waals surface area contributed by atoms with Crippen LogP contribution < -0.4 is 4.74 Å². The first-order chi connectivity index (χ1) is 12.1. The fourth-order valence-electron chi connectivity index (χ4n) is 2.09.